The summed E-state index contributed by atoms with van der Waals surface area (Å²) in [6.45, 7) is 5.66. The van der Waals surface area contributed by atoms with Crippen LogP contribution in [0.1, 0.15) is 61.0 Å². The van der Waals surface area contributed by atoms with Crippen LogP contribution in [0.3, 0.4) is 0 Å². The van der Waals surface area contributed by atoms with Crippen molar-refractivity contribution in [2.24, 2.45) is 5.92 Å². The number of hydrogen-bond donors (Lipinski definition) is 0. The van der Waals surface area contributed by atoms with E-state index in [0.29, 0.717) is 56.0 Å². The van der Waals surface area contributed by atoms with E-state index in [-0.39, 0.29) is 29.9 Å². The predicted octanol–water partition coefficient (Wildman–Crippen LogP) is 4.20. The van der Waals surface area contributed by atoms with E-state index in [4.69, 9.17) is 9.47 Å². The van der Waals surface area contributed by atoms with E-state index in [0.717, 1.165) is 29.7 Å². The number of Topliss-reactive ketones (excluding diaryl/α,β-unsaturated/α-hetero) is 1. The molecule has 1 unspecified atom stereocenters. The Morgan fingerprint density at radius 1 is 1.08 bits per heavy atom. The third-order valence-electron chi connectivity index (χ3n) is 7.99. The largest absolute Gasteiger partial charge is 0.497 e. The molecule has 0 N–H and O–H groups in total. The van der Waals surface area contributed by atoms with E-state index in [1.807, 2.05) is 15.9 Å². The Morgan fingerprint density at radius 2 is 1.78 bits per heavy atom. The van der Waals surface area contributed by atoms with Crippen molar-refractivity contribution in [2.75, 3.05) is 31.6 Å². The molecule has 190 valence electrons. The van der Waals surface area contributed by atoms with Crippen LogP contribution in [-0.4, -0.2) is 54.8 Å². The average Bonchev–Trinajstić information content (AvgIpc) is 3.29. The molecule has 0 saturated carbocycles. The van der Waals surface area contributed by atoms with Gasteiger partial charge in [-0.2, -0.15) is 0 Å². The zero-order chi connectivity index (χ0) is 25.4. The molecule has 3 heterocycles. The number of hydrogen-bond acceptors (Lipinski definition) is 5. The van der Waals surface area contributed by atoms with Gasteiger partial charge in [-0.3, -0.25) is 14.4 Å². The molecule has 3 aliphatic heterocycles. The summed E-state index contributed by atoms with van der Waals surface area (Å²) in [7, 11) is 1.58. The molecule has 2 aromatic carbocycles. The number of methoxy groups -OCH3 is 1. The second-order valence-electron chi connectivity index (χ2n) is 10.1. The predicted molar refractivity (Wildman–Crippen MR) is 137 cm³/mol. The van der Waals surface area contributed by atoms with Crippen molar-refractivity contribution in [1.29, 1.82) is 0 Å². The van der Waals surface area contributed by atoms with Crippen molar-refractivity contribution < 1.29 is 23.9 Å². The van der Waals surface area contributed by atoms with Crippen molar-refractivity contribution in [3.8, 4) is 11.5 Å². The Balaban J connectivity index is 1.26. The Labute approximate surface area is 212 Å². The van der Waals surface area contributed by atoms with E-state index < -0.39 is 5.60 Å². The fraction of sp³-hybridized carbons (Fsp3) is 0.483. The number of ether oxygens (including phenoxy) is 2. The molecule has 0 bridgehead atoms. The second-order valence-corrected chi connectivity index (χ2v) is 10.1. The van der Waals surface area contributed by atoms with Gasteiger partial charge in [0.25, 0.3) is 0 Å². The quantitative estimate of drug-likeness (QED) is 0.628. The van der Waals surface area contributed by atoms with Gasteiger partial charge in [0.05, 0.1) is 25.0 Å². The summed E-state index contributed by atoms with van der Waals surface area (Å²) in [5.41, 5.74) is 3.26. The maximum Gasteiger partial charge on any atom is 0.228 e. The molecular weight excluding hydrogens is 456 g/mol. The zero-order valence-electron chi connectivity index (χ0n) is 21.3. The first-order valence-electron chi connectivity index (χ1n) is 13.0. The lowest BCUT2D eigenvalue weighted by atomic mass is 9.82. The van der Waals surface area contributed by atoms with Gasteiger partial charge in [0, 0.05) is 44.6 Å². The van der Waals surface area contributed by atoms with Crippen molar-refractivity contribution >= 4 is 23.3 Å². The summed E-state index contributed by atoms with van der Waals surface area (Å²) >= 11 is 0. The van der Waals surface area contributed by atoms with Gasteiger partial charge >= 0.3 is 0 Å². The first-order chi connectivity index (χ1) is 17.4. The number of rotatable bonds is 5. The van der Waals surface area contributed by atoms with Gasteiger partial charge in [-0.25, -0.2) is 0 Å². The fourth-order valence-electron chi connectivity index (χ4n) is 5.92. The molecule has 36 heavy (non-hydrogen) atoms. The van der Waals surface area contributed by atoms with Crippen molar-refractivity contribution in [1.82, 2.24) is 4.90 Å². The van der Waals surface area contributed by atoms with Crippen LogP contribution in [0, 0.1) is 5.92 Å². The Kier molecular flexibility index (Phi) is 6.49. The van der Waals surface area contributed by atoms with Crippen LogP contribution in [-0.2, 0) is 22.4 Å². The number of nitrogens with zero attached hydrogens (tertiary/aromatic N) is 2. The first-order valence-corrected chi connectivity index (χ1v) is 13.0. The topological polar surface area (TPSA) is 76.2 Å². The van der Waals surface area contributed by atoms with Gasteiger partial charge in [0.15, 0.2) is 5.78 Å². The summed E-state index contributed by atoms with van der Waals surface area (Å²) in [6.07, 6.45) is 3.42. The van der Waals surface area contributed by atoms with E-state index in [2.05, 4.69) is 26.0 Å². The summed E-state index contributed by atoms with van der Waals surface area (Å²) in [6, 6.07) is 11.5. The third-order valence-corrected chi connectivity index (χ3v) is 7.99. The minimum Gasteiger partial charge on any atom is -0.497 e. The van der Waals surface area contributed by atoms with Gasteiger partial charge in [-0.1, -0.05) is 32.0 Å². The van der Waals surface area contributed by atoms with Crippen molar-refractivity contribution in [2.45, 2.75) is 58.0 Å². The molecule has 0 aromatic heterocycles. The van der Waals surface area contributed by atoms with Crippen LogP contribution in [0.25, 0.3) is 0 Å². The van der Waals surface area contributed by atoms with Crippen molar-refractivity contribution in [3.63, 3.8) is 0 Å². The number of ketones is 1. The summed E-state index contributed by atoms with van der Waals surface area (Å²) < 4.78 is 11.6. The molecule has 0 aliphatic carbocycles. The van der Waals surface area contributed by atoms with Crippen LogP contribution in [0.2, 0.25) is 0 Å². The monoisotopic (exact) mass is 490 g/mol. The first kappa shape index (κ1) is 24.3. The minimum absolute atomic E-state index is 0.0191. The number of fused-ring (bicyclic) bond motifs is 1. The van der Waals surface area contributed by atoms with E-state index in [1.165, 1.54) is 0 Å². The number of piperidine rings is 1. The van der Waals surface area contributed by atoms with Gasteiger partial charge in [0.2, 0.25) is 11.8 Å². The van der Waals surface area contributed by atoms with Crippen molar-refractivity contribution in [3.05, 3.63) is 53.1 Å². The molecule has 2 amide bonds. The second kappa shape index (κ2) is 9.60. The molecule has 1 spiro atoms. The molecule has 2 saturated heterocycles. The molecule has 2 fully saturated rings. The summed E-state index contributed by atoms with van der Waals surface area (Å²) in [5.74, 6) is 0.974. The highest BCUT2D eigenvalue weighted by molar-refractivity contribution is 6.02. The number of carbonyl (C=O) groups excluding carboxylic acids is 3. The van der Waals surface area contributed by atoms with Crippen LogP contribution in [0.15, 0.2) is 36.4 Å². The van der Waals surface area contributed by atoms with Gasteiger partial charge in [-0.15, -0.1) is 0 Å². The molecule has 7 nitrogen and oxygen atoms in total. The number of likely N-dealkylation sites (tertiary alicyclic amines) is 1. The van der Waals surface area contributed by atoms with E-state index in [9.17, 15) is 14.4 Å². The number of aryl methyl sites for hydroxylation is 2. The Bertz CT molecular complexity index is 1180. The van der Waals surface area contributed by atoms with Crippen LogP contribution in [0.5, 0.6) is 11.5 Å². The highest BCUT2D eigenvalue weighted by Gasteiger charge is 2.45. The Morgan fingerprint density at radius 3 is 2.42 bits per heavy atom. The maximum atomic E-state index is 13.5. The summed E-state index contributed by atoms with van der Waals surface area (Å²) in [5, 5.41) is 0. The number of carbonyl (C=O) groups is 3. The summed E-state index contributed by atoms with van der Waals surface area (Å²) in [4.78, 5) is 43.1. The maximum absolute atomic E-state index is 13.5. The normalized spacial score (nSPS) is 20.9. The lowest BCUT2D eigenvalue weighted by Crippen LogP contribution is -2.53. The molecule has 0 radical (unpaired) electrons. The smallest absolute Gasteiger partial charge is 0.228 e. The minimum atomic E-state index is -0.580. The van der Waals surface area contributed by atoms with E-state index in [1.54, 1.807) is 25.3 Å². The molecule has 5 rings (SSSR count). The highest BCUT2D eigenvalue weighted by atomic mass is 16.5. The molecule has 2 aromatic rings. The number of amides is 2. The van der Waals surface area contributed by atoms with Gasteiger partial charge < -0.3 is 19.3 Å². The highest BCUT2D eigenvalue weighted by Crippen LogP contribution is 2.41. The Hall–Kier alpha value is -3.35. The zero-order valence-corrected chi connectivity index (χ0v) is 21.3. The lowest BCUT2D eigenvalue weighted by Gasteiger charge is -2.44. The fourth-order valence-corrected chi connectivity index (χ4v) is 5.92. The molecule has 7 heteroatoms. The molecule has 1 atom stereocenters. The van der Waals surface area contributed by atoms with Gasteiger partial charge in [0.1, 0.15) is 17.1 Å². The lowest BCUT2D eigenvalue weighted by molar-refractivity contribution is -0.139. The standard InChI is InChI=1S/C29H34N2O5/c1-4-19-7-6-8-20(5-2)27(19)31-18-21(15-26(31)33)28(34)30-13-11-29(12-14-30)17-24(32)23-16-22(35-3)9-10-25(23)36-29/h6-10,16,21H,4-5,11-15,17-18H2,1-3H3. The number of benzene rings is 2. The number of para-hydroxylation sites is 1. The average molecular weight is 491 g/mol. The van der Waals surface area contributed by atoms with Crippen LogP contribution < -0.4 is 14.4 Å². The number of anilines is 1. The molecular formula is C29H34N2O5. The SMILES string of the molecule is CCc1cccc(CC)c1N1CC(C(=O)N2CCC3(CC2)CC(=O)c2cc(OC)ccc2O3)CC1=O. The van der Waals surface area contributed by atoms with Crippen LogP contribution >= 0.6 is 0 Å². The van der Waals surface area contributed by atoms with Gasteiger partial charge in [-0.05, 0) is 42.2 Å². The molecule has 3 aliphatic rings. The third kappa shape index (κ3) is 4.25. The van der Waals surface area contributed by atoms with Crippen LogP contribution in [0.4, 0.5) is 5.69 Å². The van der Waals surface area contributed by atoms with E-state index >= 15 is 0 Å².